The highest BCUT2D eigenvalue weighted by Gasteiger charge is 2.47. The molecule has 0 N–H and O–H groups in total. The van der Waals surface area contributed by atoms with E-state index in [0.29, 0.717) is 0 Å². The standard InChI is InChI=1S/C15H26O2/c1-8-14(4,5)13(16)17-12-9-11(10(2)3)15(12,6)7/h12H,8-9H2,1-7H3. The third kappa shape index (κ3) is 2.56. The van der Waals surface area contributed by atoms with E-state index in [1.807, 2.05) is 20.8 Å². The number of carbonyl (C=O) groups is 1. The van der Waals surface area contributed by atoms with E-state index in [1.165, 1.54) is 11.1 Å². The van der Waals surface area contributed by atoms with Crippen LogP contribution in [0.25, 0.3) is 0 Å². The summed E-state index contributed by atoms with van der Waals surface area (Å²) >= 11 is 0. The number of hydrogen-bond donors (Lipinski definition) is 0. The second kappa shape index (κ2) is 4.47. The molecule has 0 saturated heterocycles. The van der Waals surface area contributed by atoms with Crippen LogP contribution < -0.4 is 0 Å². The molecule has 0 bridgehead atoms. The molecule has 17 heavy (non-hydrogen) atoms. The molecule has 0 aromatic heterocycles. The minimum absolute atomic E-state index is 0.0122. The van der Waals surface area contributed by atoms with E-state index in [4.69, 9.17) is 4.74 Å². The van der Waals surface area contributed by atoms with Crippen molar-refractivity contribution in [2.75, 3.05) is 0 Å². The van der Waals surface area contributed by atoms with Crippen molar-refractivity contribution in [1.82, 2.24) is 0 Å². The minimum atomic E-state index is -0.364. The zero-order valence-electron chi connectivity index (χ0n) is 12.3. The quantitative estimate of drug-likeness (QED) is 0.546. The minimum Gasteiger partial charge on any atom is -0.461 e. The molecule has 98 valence electrons. The summed E-state index contributed by atoms with van der Waals surface area (Å²) in [6, 6.07) is 0. The first kappa shape index (κ1) is 14.3. The van der Waals surface area contributed by atoms with Crippen molar-refractivity contribution in [3.63, 3.8) is 0 Å². The molecular formula is C15H26O2. The molecule has 0 amide bonds. The van der Waals surface area contributed by atoms with Gasteiger partial charge >= 0.3 is 5.97 Å². The van der Waals surface area contributed by atoms with Gasteiger partial charge in [-0.3, -0.25) is 4.79 Å². The zero-order valence-corrected chi connectivity index (χ0v) is 12.3. The number of ether oxygens (including phenoxy) is 1. The third-order valence-corrected chi connectivity index (χ3v) is 4.26. The number of allylic oxidation sites excluding steroid dienone is 1. The third-order valence-electron chi connectivity index (χ3n) is 4.26. The van der Waals surface area contributed by atoms with Gasteiger partial charge < -0.3 is 4.74 Å². The van der Waals surface area contributed by atoms with E-state index >= 15 is 0 Å². The molecule has 0 heterocycles. The normalized spacial score (nSPS) is 23.0. The zero-order chi connectivity index (χ0) is 13.4. The lowest BCUT2D eigenvalue weighted by Gasteiger charge is -2.48. The van der Waals surface area contributed by atoms with Crippen LogP contribution in [0.3, 0.4) is 0 Å². The average molecular weight is 238 g/mol. The number of rotatable bonds is 3. The molecule has 0 aliphatic heterocycles. The first-order valence-corrected chi connectivity index (χ1v) is 6.51. The molecule has 0 spiro atoms. The summed E-state index contributed by atoms with van der Waals surface area (Å²) in [6.45, 7) is 14.5. The summed E-state index contributed by atoms with van der Waals surface area (Å²) in [6.07, 6.45) is 1.76. The van der Waals surface area contributed by atoms with Crippen LogP contribution in [0.15, 0.2) is 11.1 Å². The van der Waals surface area contributed by atoms with Crippen LogP contribution in [0, 0.1) is 10.8 Å². The largest absolute Gasteiger partial charge is 0.461 e. The van der Waals surface area contributed by atoms with Crippen LogP contribution in [0.2, 0.25) is 0 Å². The van der Waals surface area contributed by atoms with Crippen molar-refractivity contribution >= 4 is 5.97 Å². The summed E-state index contributed by atoms with van der Waals surface area (Å²) in [5.74, 6) is -0.0640. The van der Waals surface area contributed by atoms with Gasteiger partial charge in [-0.15, -0.1) is 0 Å². The van der Waals surface area contributed by atoms with Gasteiger partial charge in [-0.05, 0) is 34.1 Å². The molecule has 1 rings (SSSR count). The van der Waals surface area contributed by atoms with Crippen LogP contribution in [0.5, 0.6) is 0 Å². The second-order valence-electron chi connectivity index (χ2n) is 6.54. The van der Waals surface area contributed by atoms with Crippen molar-refractivity contribution < 1.29 is 9.53 Å². The van der Waals surface area contributed by atoms with E-state index in [2.05, 4.69) is 27.7 Å². The van der Waals surface area contributed by atoms with Gasteiger partial charge in [0.15, 0.2) is 0 Å². The Kier molecular flexibility index (Phi) is 3.75. The molecule has 1 aliphatic rings. The molecule has 1 aliphatic carbocycles. The van der Waals surface area contributed by atoms with E-state index < -0.39 is 0 Å². The highest BCUT2D eigenvalue weighted by atomic mass is 16.5. The highest BCUT2D eigenvalue weighted by molar-refractivity contribution is 5.76. The molecule has 1 saturated carbocycles. The Morgan fingerprint density at radius 2 is 1.94 bits per heavy atom. The fraction of sp³-hybridized carbons (Fsp3) is 0.800. The monoisotopic (exact) mass is 238 g/mol. The first-order chi connectivity index (χ1) is 7.63. The van der Waals surface area contributed by atoms with Crippen LogP contribution >= 0.6 is 0 Å². The molecule has 0 aromatic rings. The molecule has 0 aromatic carbocycles. The van der Waals surface area contributed by atoms with Crippen LogP contribution in [-0.4, -0.2) is 12.1 Å². The molecule has 0 radical (unpaired) electrons. The van der Waals surface area contributed by atoms with Gasteiger partial charge in [-0.25, -0.2) is 0 Å². The van der Waals surface area contributed by atoms with Crippen molar-refractivity contribution in [3.8, 4) is 0 Å². The predicted molar refractivity (Wildman–Crippen MR) is 70.7 cm³/mol. The highest BCUT2D eigenvalue weighted by Crippen LogP contribution is 2.49. The lowest BCUT2D eigenvalue weighted by atomic mass is 9.63. The Labute approximate surface area is 105 Å². The lowest BCUT2D eigenvalue weighted by Crippen LogP contribution is -2.47. The summed E-state index contributed by atoms with van der Waals surface area (Å²) < 4.78 is 5.66. The SMILES string of the molecule is CCC(C)(C)C(=O)OC1CC(=C(C)C)C1(C)C. The Morgan fingerprint density at radius 1 is 1.41 bits per heavy atom. The van der Waals surface area contributed by atoms with Crippen molar-refractivity contribution in [1.29, 1.82) is 0 Å². The lowest BCUT2D eigenvalue weighted by molar-refractivity contribution is -0.169. The van der Waals surface area contributed by atoms with E-state index in [9.17, 15) is 4.79 Å². The fourth-order valence-corrected chi connectivity index (χ4v) is 2.24. The predicted octanol–water partition coefficient (Wildman–Crippen LogP) is 4.10. The van der Waals surface area contributed by atoms with Gasteiger partial charge in [-0.2, -0.15) is 0 Å². The molecule has 1 unspecified atom stereocenters. The van der Waals surface area contributed by atoms with E-state index in [0.717, 1.165) is 12.8 Å². The van der Waals surface area contributed by atoms with E-state index in [-0.39, 0.29) is 22.9 Å². The van der Waals surface area contributed by atoms with Crippen molar-refractivity contribution in [3.05, 3.63) is 11.1 Å². The first-order valence-electron chi connectivity index (χ1n) is 6.51. The average Bonchev–Trinajstić information content (AvgIpc) is 2.22. The maximum absolute atomic E-state index is 12.0. The smallest absolute Gasteiger partial charge is 0.311 e. The molecule has 1 atom stereocenters. The molecule has 1 fully saturated rings. The maximum atomic E-state index is 12.0. The summed E-state index contributed by atoms with van der Waals surface area (Å²) in [7, 11) is 0. The van der Waals surface area contributed by atoms with E-state index in [1.54, 1.807) is 0 Å². The van der Waals surface area contributed by atoms with Crippen LogP contribution in [0.1, 0.15) is 61.3 Å². The number of hydrogen-bond acceptors (Lipinski definition) is 2. The van der Waals surface area contributed by atoms with Gasteiger partial charge in [0.05, 0.1) is 5.41 Å². The molecule has 2 heteroatoms. The topological polar surface area (TPSA) is 26.3 Å². The van der Waals surface area contributed by atoms with Crippen LogP contribution in [-0.2, 0) is 9.53 Å². The Hall–Kier alpha value is -0.790. The van der Waals surface area contributed by atoms with Crippen LogP contribution in [0.4, 0.5) is 0 Å². The van der Waals surface area contributed by atoms with Gasteiger partial charge in [0, 0.05) is 11.8 Å². The number of carbonyl (C=O) groups excluding carboxylic acids is 1. The summed E-state index contributed by atoms with van der Waals surface area (Å²) in [4.78, 5) is 12.0. The van der Waals surface area contributed by atoms with Gasteiger partial charge in [0.1, 0.15) is 6.10 Å². The Morgan fingerprint density at radius 3 is 2.29 bits per heavy atom. The Bertz CT molecular complexity index is 344. The van der Waals surface area contributed by atoms with Gasteiger partial charge in [-0.1, -0.05) is 31.9 Å². The van der Waals surface area contributed by atoms with Gasteiger partial charge in [0.25, 0.3) is 0 Å². The maximum Gasteiger partial charge on any atom is 0.311 e. The summed E-state index contributed by atoms with van der Waals surface area (Å²) in [5, 5.41) is 0. The number of esters is 1. The fourth-order valence-electron chi connectivity index (χ4n) is 2.24. The van der Waals surface area contributed by atoms with Crippen molar-refractivity contribution in [2.24, 2.45) is 10.8 Å². The Balaban J connectivity index is 2.70. The second-order valence-corrected chi connectivity index (χ2v) is 6.54. The summed E-state index contributed by atoms with van der Waals surface area (Å²) in [5.41, 5.74) is 2.44. The van der Waals surface area contributed by atoms with Crippen molar-refractivity contribution in [2.45, 2.75) is 67.4 Å². The molecule has 2 nitrogen and oxygen atoms in total. The molecular weight excluding hydrogens is 212 g/mol. The van der Waals surface area contributed by atoms with Gasteiger partial charge in [0.2, 0.25) is 0 Å².